The number of likely N-dealkylation sites (tertiary alicyclic amines) is 1. The third kappa shape index (κ3) is 3.95. The molecule has 0 bridgehead atoms. The Balaban J connectivity index is 1.36. The van der Waals surface area contributed by atoms with Crippen LogP contribution in [0.15, 0.2) is 29.3 Å². The molecule has 33 heavy (non-hydrogen) atoms. The van der Waals surface area contributed by atoms with E-state index >= 15 is 0 Å². The van der Waals surface area contributed by atoms with Crippen molar-refractivity contribution < 1.29 is 32.2 Å². The average Bonchev–Trinajstić information content (AvgIpc) is 3.40. The van der Waals surface area contributed by atoms with Crippen LogP contribution in [0.2, 0.25) is 0 Å². The van der Waals surface area contributed by atoms with E-state index in [-0.39, 0.29) is 12.5 Å². The van der Waals surface area contributed by atoms with Crippen molar-refractivity contribution in [2.45, 2.75) is 57.0 Å². The van der Waals surface area contributed by atoms with E-state index in [1.165, 1.54) is 6.07 Å². The molecule has 1 atom stereocenters. The fraction of sp³-hybridized carbons (Fsp3) is 0.583. The van der Waals surface area contributed by atoms with Gasteiger partial charge >= 0.3 is 12.1 Å². The smallest absolute Gasteiger partial charge is 0.416 e. The zero-order chi connectivity index (χ0) is 23.4. The number of hydrogen-bond acceptors (Lipinski definition) is 5. The molecule has 178 valence electrons. The molecule has 1 amide bonds. The van der Waals surface area contributed by atoms with Crippen molar-refractivity contribution in [2.24, 2.45) is 0 Å². The van der Waals surface area contributed by atoms with Gasteiger partial charge in [0.1, 0.15) is 5.60 Å². The quantitative estimate of drug-likeness (QED) is 0.630. The first kappa shape index (κ1) is 22.4. The fourth-order valence-electron chi connectivity index (χ4n) is 5.58. The molecule has 2 saturated heterocycles. The average molecular weight is 464 g/mol. The van der Waals surface area contributed by atoms with Crippen LogP contribution >= 0.6 is 0 Å². The van der Waals surface area contributed by atoms with Crippen LogP contribution in [0.1, 0.15) is 42.9 Å². The summed E-state index contributed by atoms with van der Waals surface area (Å²) in [6.07, 6.45) is -1.94. The number of nitrogens with zero attached hydrogens (tertiary/aromatic N) is 2. The highest BCUT2D eigenvalue weighted by Crippen LogP contribution is 2.43. The zero-order valence-corrected chi connectivity index (χ0v) is 18.5. The minimum atomic E-state index is -4.44. The Labute approximate surface area is 190 Å². The number of piperidine rings is 1. The lowest BCUT2D eigenvalue weighted by molar-refractivity contribution is -0.152. The van der Waals surface area contributed by atoms with E-state index in [0.29, 0.717) is 68.3 Å². The van der Waals surface area contributed by atoms with Crippen molar-refractivity contribution in [3.63, 3.8) is 0 Å². The Morgan fingerprint density at radius 3 is 2.58 bits per heavy atom. The maximum absolute atomic E-state index is 13.6. The highest BCUT2D eigenvalue weighted by atomic mass is 19.4. The van der Waals surface area contributed by atoms with Gasteiger partial charge in [0.25, 0.3) is 5.91 Å². The largest absolute Gasteiger partial charge is 0.450 e. The number of hydrogen-bond donors (Lipinski definition) is 0. The molecular weight excluding hydrogens is 437 g/mol. The SMILES string of the molecule is CC1=C(C(=O)N2CCc3ccc(C(F)(F)F)cc3C2)C2(CCN(C3CCOC3)CC2)OC1=O. The summed E-state index contributed by atoms with van der Waals surface area (Å²) in [5, 5.41) is 0. The van der Waals surface area contributed by atoms with Gasteiger partial charge in [-0.25, -0.2) is 4.79 Å². The molecule has 5 rings (SSSR count). The predicted octanol–water partition coefficient (Wildman–Crippen LogP) is 3.09. The third-order valence-electron chi connectivity index (χ3n) is 7.50. The van der Waals surface area contributed by atoms with Crippen LogP contribution in [0.4, 0.5) is 13.2 Å². The van der Waals surface area contributed by atoms with Crippen molar-refractivity contribution in [3.05, 3.63) is 46.0 Å². The number of rotatable bonds is 2. The van der Waals surface area contributed by atoms with E-state index in [0.717, 1.165) is 30.7 Å². The molecule has 1 spiro atoms. The number of carbonyl (C=O) groups is 2. The summed E-state index contributed by atoms with van der Waals surface area (Å²) >= 11 is 0. The molecule has 0 saturated carbocycles. The Morgan fingerprint density at radius 1 is 1.15 bits per heavy atom. The first-order chi connectivity index (χ1) is 15.7. The zero-order valence-electron chi connectivity index (χ0n) is 18.5. The highest BCUT2D eigenvalue weighted by molar-refractivity contribution is 6.07. The minimum Gasteiger partial charge on any atom is -0.450 e. The van der Waals surface area contributed by atoms with Crippen LogP contribution in [0.25, 0.3) is 0 Å². The molecule has 0 N–H and O–H groups in total. The van der Waals surface area contributed by atoms with Crippen molar-refractivity contribution in [1.29, 1.82) is 0 Å². The number of fused-ring (bicyclic) bond motifs is 1. The maximum Gasteiger partial charge on any atom is 0.416 e. The van der Waals surface area contributed by atoms with Crippen LogP contribution in [-0.4, -0.2) is 66.2 Å². The summed E-state index contributed by atoms with van der Waals surface area (Å²) in [5.41, 5.74) is 0.335. The summed E-state index contributed by atoms with van der Waals surface area (Å²) in [7, 11) is 0. The summed E-state index contributed by atoms with van der Waals surface area (Å²) in [4.78, 5) is 30.1. The van der Waals surface area contributed by atoms with Crippen molar-refractivity contribution in [2.75, 3.05) is 32.8 Å². The van der Waals surface area contributed by atoms with Gasteiger partial charge in [0, 0.05) is 57.2 Å². The van der Waals surface area contributed by atoms with Gasteiger partial charge in [-0.15, -0.1) is 0 Å². The van der Waals surface area contributed by atoms with Gasteiger partial charge in [-0.05, 0) is 43.0 Å². The van der Waals surface area contributed by atoms with E-state index in [4.69, 9.17) is 9.47 Å². The lowest BCUT2D eigenvalue weighted by Gasteiger charge is -2.42. The van der Waals surface area contributed by atoms with Gasteiger partial charge in [0.15, 0.2) is 0 Å². The Kier molecular flexibility index (Phi) is 5.52. The third-order valence-corrected chi connectivity index (χ3v) is 7.50. The Hall–Kier alpha value is -2.39. The van der Waals surface area contributed by atoms with Gasteiger partial charge in [-0.1, -0.05) is 6.07 Å². The number of alkyl halides is 3. The van der Waals surface area contributed by atoms with Crippen molar-refractivity contribution in [3.8, 4) is 0 Å². The van der Waals surface area contributed by atoms with Gasteiger partial charge in [-0.3, -0.25) is 9.69 Å². The second-order valence-corrected chi connectivity index (χ2v) is 9.40. The van der Waals surface area contributed by atoms with E-state index in [2.05, 4.69) is 4.90 Å². The molecule has 1 unspecified atom stereocenters. The molecule has 2 fully saturated rings. The van der Waals surface area contributed by atoms with Crippen molar-refractivity contribution in [1.82, 2.24) is 9.80 Å². The van der Waals surface area contributed by atoms with Crippen molar-refractivity contribution >= 4 is 11.9 Å². The summed E-state index contributed by atoms with van der Waals surface area (Å²) in [6.45, 7) is 4.93. The molecule has 0 aliphatic carbocycles. The van der Waals surface area contributed by atoms with E-state index in [1.54, 1.807) is 11.8 Å². The molecule has 0 aromatic heterocycles. The number of esters is 1. The minimum absolute atomic E-state index is 0.0880. The van der Waals surface area contributed by atoms with Gasteiger partial charge in [0.2, 0.25) is 0 Å². The van der Waals surface area contributed by atoms with Crippen LogP contribution in [0.3, 0.4) is 0 Å². The molecule has 1 aromatic rings. The maximum atomic E-state index is 13.6. The van der Waals surface area contributed by atoms with Gasteiger partial charge in [-0.2, -0.15) is 13.2 Å². The van der Waals surface area contributed by atoms with E-state index in [1.807, 2.05) is 0 Å². The van der Waals surface area contributed by atoms with Crippen LogP contribution in [0, 0.1) is 0 Å². The predicted molar refractivity (Wildman–Crippen MR) is 112 cm³/mol. The van der Waals surface area contributed by atoms with Crippen LogP contribution in [-0.2, 0) is 38.2 Å². The van der Waals surface area contributed by atoms with E-state index in [9.17, 15) is 22.8 Å². The van der Waals surface area contributed by atoms with Gasteiger partial charge in [0.05, 0.1) is 17.7 Å². The lowest BCUT2D eigenvalue weighted by Crippen LogP contribution is -2.52. The highest BCUT2D eigenvalue weighted by Gasteiger charge is 2.52. The summed E-state index contributed by atoms with van der Waals surface area (Å²) in [6, 6.07) is 4.07. The molecule has 9 heteroatoms. The second kappa shape index (κ2) is 8.13. The summed E-state index contributed by atoms with van der Waals surface area (Å²) < 4.78 is 50.8. The number of amides is 1. The topological polar surface area (TPSA) is 59.1 Å². The first-order valence-corrected chi connectivity index (χ1v) is 11.4. The molecule has 4 aliphatic heterocycles. The van der Waals surface area contributed by atoms with Crippen LogP contribution in [0.5, 0.6) is 0 Å². The molecule has 1 aromatic carbocycles. The molecule has 0 radical (unpaired) electrons. The van der Waals surface area contributed by atoms with Crippen LogP contribution < -0.4 is 0 Å². The Morgan fingerprint density at radius 2 is 1.91 bits per heavy atom. The van der Waals surface area contributed by atoms with E-state index < -0.39 is 23.3 Å². The molecular formula is C24H27F3N2O4. The standard InChI is InChI=1S/C24H27F3N2O4/c1-15-20(23(33-22(15)31)6-9-28(10-7-23)19-5-11-32-14-19)21(30)29-8-4-16-2-3-18(24(25,26)27)12-17(16)13-29/h2-3,12,19H,4-11,13-14H2,1H3. The second-order valence-electron chi connectivity index (χ2n) is 9.40. The molecule has 6 nitrogen and oxygen atoms in total. The van der Waals surface area contributed by atoms with Gasteiger partial charge < -0.3 is 14.4 Å². The monoisotopic (exact) mass is 464 g/mol. The lowest BCUT2D eigenvalue weighted by atomic mass is 9.81. The number of benzene rings is 1. The number of carbonyl (C=O) groups excluding carboxylic acids is 2. The molecule has 4 aliphatic rings. The fourth-order valence-corrected chi connectivity index (χ4v) is 5.58. The number of ether oxygens (including phenoxy) is 2. The normalized spacial score (nSPS) is 25.5. The molecule has 4 heterocycles. The Bertz CT molecular complexity index is 1010. The summed E-state index contributed by atoms with van der Waals surface area (Å²) in [5.74, 6) is -0.785. The first-order valence-electron chi connectivity index (χ1n) is 11.4. The number of halogens is 3.